The fourth-order valence-electron chi connectivity index (χ4n) is 2.97. The van der Waals surface area contributed by atoms with Crippen molar-refractivity contribution in [2.75, 3.05) is 0 Å². The summed E-state index contributed by atoms with van der Waals surface area (Å²) in [6.45, 7) is 0. The second-order valence-electron chi connectivity index (χ2n) is 5.78. The first kappa shape index (κ1) is 15.5. The third-order valence-corrected chi connectivity index (χ3v) is 4.99. The predicted octanol–water partition coefficient (Wildman–Crippen LogP) is 4.75. The molecule has 1 N–H and O–H groups in total. The first-order valence-corrected chi connectivity index (χ1v) is 8.94. The molecular weight excluding hydrogens is 328 g/mol. The molecule has 0 atom stereocenters. The van der Waals surface area contributed by atoms with Crippen LogP contribution in [0.15, 0.2) is 77.2 Å². The maximum Gasteiger partial charge on any atom is 0.245 e. The van der Waals surface area contributed by atoms with Gasteiger partial charge in [-0.2, -0.15) is 5.10 Å². The highest BCUT2D eigenvalue weighted by atomic mass is 32.1. The van der Waals surface area contributed by atoms with Gasteiger partial charge in [-0.3, -0.25) is 4.79 Å². The van der Waals surface area contributed by atoms with E-state index < -0.39 is 0 Å². The van der Waals surface area contributed by atoms with Crippen molar-refractivity contribution >= 4 is 45.0 Å². The SMILES string of the molecule is O=C(Cc1cccs1)NN=Cc1c2ccccc2cc2ccccc12. The van der Waals surface area contributed by atoms with Crippen molar-refractivity contribution < 1.29 is 4.79 Å². The van der Waals surface area contributed by atoms with Gasteiger partial charge in [-0.25, -0.2) is 5.43 Å². The second kappa shape index (κ2) is 6.87. The highest BCUT2D eigenvalue weighted by molar-refractivity contribution is 7.10. The molecule has 1 amide bonds. The van der Waals surface area contributed by atoms with Crippen LogP contribution >= 0.6 is 11.3 Å². The van der Waals surface area contributed by atoms with Gasteiger partial charge < -0.3 is 0 Å². The summed E-state index contributed by atoms with van der Waals surface area (Å²) in [6, 6.07) is 22.5. The van der Waals surface area contributed by atoms with Gasteiger partial charge in [-0.15, -0.1) is 11.3 Å². The lowest BCUT2D eigenvalue weighted by molar-refractivity contribution is -0.120. The Morgan fingerprint density at radius 2 is 1.64 bits per heavy atom. The van der Waals surface area contributed by atoms with Crippen molar-refractivity contribution in [1.82, 2.24) is 5.43 Å². The molecule has 4 rings (SSSR count). The average Bonchev–Trinajstić information content (AvgIpc) is 3.14. The summed E-state index contributed by atoms with van der Waals surface area (Å²) < 4.78 is 0. The quantitative estimate of drug-likeness (QED) is 0.324. The molecule has 122 valence electrons. The summed E-state index contributed by atoms with van der Waals surface area (Å²) in [5.74, 6) is -0.108. The van der Waals surface area contributed by atoms with Crippen LogP contribution in [0.1, 0.15) is 10.4 Å². The number of amides is 1. The minimum absolute atomic E-state index is 0.108. The van der Waals surface area contributed by atoms with E-state index in [1.807, 2.05) is 41.8 Å². The Morgan fingerprint density at radius 1 is 0.960 bits per heavy atom. The van der Waals surface area contributed by atoms with Gasteiger partial charge in [0.25, 0.3) is 0 Å². The average molecular weight is 344 g/mol. The Balaban J connectivity index is 1.66. The van der Waals surface area contributed by atoms with E-state index in [-0.39, 0.29) is 5.91 Å². The number of carbonyl (C=O) groups excluding carboxylic acids is 1. The van der Waals surface area contributed by atoms with Crippen LogP contribution < -0.4 is 5.43 Å². The Morgan fingerprint density at radius 3 is 2.28 bits per heavy atom. The Labute approximate surface area is 149 Å². The number of benzene rings is 3. The predicted molar refractivity (Wildman–Crippen MR) is 105 cm³/mol. The van der Waals surface area contributed by atoms with Crippen molar-refractivity contribution in [3.05, 3.63) is 82.6 Å². The van der Waals surface area contributed by atoms with Crippen molar-refractivity contribution in [2.45, 2.75) is 6.42 Å². The normalized spacial score (nSPS) is 11.4. The fraction of sp³-hybridized carbons (Fsp3) is 0.0476. The Bertz CT molecular complexity index is 1010. The summed E-state index contributed by atoms with van der Waals surface area (Å²) in [6.07, 6.45) is 2.10. The third kappa shape index (κ3) is 3.30. The molecule has 0 radical (unpaired) electrons. The smallest absolute Gasteiger partial charge is 0.245 e. The van der Waals surface area contributed by atoms with E-state index in [9.17, 15) is 4.79 Å². The van der Waals surface area contributed by atoms with Crippen LogP contribution in [0.5, 0.6) is 0 Å². The summed E-state index contributed by atoms with van der Waals surface area (Å²) in [7, 11) is 0. The zero-order chi connectivity index (χ0) is 17.1. The Hall–Kier alpha value is -2.98. The summed E-state index contributed by atoms with van der Waals surface area (Å²) in [5, 5.41) is 10.7. The molecule has 1 heterocycles. The lowest BCUT2D eigenvalue weighted by atomic mass is 9.97. The van der Waals surface area contributed by atoms with Crippen LogP contribution in [0.3, 0.4) is 0 Å². The molecule has 25 heavy (non-hydrogen) atoms. The molecule has 0 bridgehead atoms. The molecule has 0 saturated heterocycles. The number of thiophene rings is 1. The minimum atomic E-state index is -0.108. The molecule has 0 fully saturated rings. The standard InChI is InChI=1S/C21H16N2OS/c24-21(13-17-8-5-11-25-17)23-22-14-20-18-9-3-1-6-15(18)12-16-7-2-4-10-19(16)20/h1-12,14H,13H2,(H,23,24). The number of hydrogen-bond donors (Lipinski definition) is 1. The number of nitrogens with one attached hydrogen (secondary N) is 1. The number of nitrogens with zero attached hydrogens (tertiary/aromatic N) is 1. The van der Waals surface area contributed by atoms with E-state index in [2.05, 4.69) is 40.9 Å². The molecule has 3 nitrogen and oxygen atoms in total. The molecule has 0 aliphatic heterocycles. The van der Waals surface area contributed by atoms with Gasteiger partial charge in [0, 0.05) is 10.4 Å². The van der Waals surface area contributed by atoms with Gasteiger partial charge in [0.1, 0.15) is 0 Å². The first-order valence-electron chi connectivity index (χ1n) is 8.06. The third-order valence-electron chi connectivity index (χ3n) is 4.11. The molecule has 4 aromatic rings. The zero-order valence-corrected chi connectivity index (χ0v) is 14.3. The number of hydrazone groups is 1. The molecule has 0 unspecified atom stereocenters. The van der Waals surface area contributed by atoms with Gasteiger partial charge in [-0.05, 0) is 39.1 Å². The van der Waals surface area contributed by atoms with E-state index in [0.29, 0.717) is 6.42 Å². The number of carbonyl (C=O) groups is 1. The Kier molecular flexibility index (Phi) is 4.27. The van der Waals surface area contributed by atoms with E-state index in [1.54, 1.807) is 17.6 Å². The number of rotatable bonds is 4. The zero-order valence-electron chi connectivity index (χ0n) is 13.5. The van der Waals surface area contributed by atoms with Gasteiger partial charge in [0.15, 0.2) is 0 Å². The van der Waals surface area contributed by atoms with Gasteiger partial charge in [-0.1, -0.05) is 54.6 Å². The van der Waals surface area contributed by atoms with Crippen LogP contribution in [-0.2, 0) is 11.2 Å². The lowest BCUT2D eigenvalue weighted by Gasteiger charge is -2.07. The monoisotopic (exact) mass is 344 g/mol. The molecule has 0 aliphatic rings. The van der Waals surface area contributed by atoms with Crippen LogP contribution in [0.25, 0.3) is 21.5 Å². The van der Waals surface area contributed by atoms with Crippen LogP contribution in [0.2, 0.25) is 0 Å². The van der Waals surface area contributed by atoms with Crippen molar-refractivity contribution in [1.29, 1.82) is 0 Å². The van der Waals surface area contributed by atoms with Crippen molar-refractivity contribution in [3.8, 4) is 0 Å². The first-order chi connectivity index (χ1) is 12.3. The van der Waals surface area contributed by atoms with Crippen molar-refractivity contribution in [2.24, 2.45) is 5.10 Å². The van der Waals surface area contributed by atoms with Gasteiger partial charge in [0.05, 0.1) is 12.6 Å². The van der Waals surface area contributed by atoms with Crippen molar-refractivity contribution in [3.63, 3.8) is 0 Å². The van der Waals surface area contributed by atoms with E-state index >= 15 is 0 Å². The van der Waals surface area contributed by atoms with Crippen LogP contribution in [0.4, 0.5) is 0 Å². The van der Waals surface area contributed by atoms with E-state index in [1.165, 1.54) is 0 Å². The van der Waals surface area contributed by atoms with Crippen LogP contribution in [-0.4, -0.2) is 12.1 Å². The molecule has 0 saturated carbocycles. The minimum Gasteiger partial charge on any atom is -0.273 e. The molecule has 4 heteroatoms. The van der Waals surface area contributed by atoms with Gasteiger partial charge >= 0.3 is 0 Å². The number of fused-ring (bicyclic) bond motifs is 2. The van der Waals surface area contributed by atoms with E-state index in [0.717, 1.165) is 32.0 Å². The second-order valence-corrected chi connectivity index (χ2v) is 6.81. The highest BCUT2D eigenvalue weighted by Gasteiger charge is 2.06. The van der Waals surface area contributed by atoms with E-state index in [4.69, 9.17) is 0 Å². The molecular formula is C21H16N2OS. The lowest BCUT2D eigenvalue weighted by Crippen LogP contribution is -2.19. The number of hydrogen-bond acceptors (Lipinski definition) is 3. The summed E-state index contributed by atoms with van der Waals surface area (Å²) >= 11 is 1.57. The topological polar surface area (TPSA) is 41.5 Å². The maximum absolute atomic E-state index is 12.0. The summed E-state index contributed by atoms with van der Waals surface area (Å²) in [4.78, 5) is 13.0. The largest absolute Gasteiger partial charge is 0.273 e. The molecule has 0 aliphatic carbocycles. The van der Waals surface area contributed by atoms with Crippen LogP contribution in [0, 0.1) is 0 Å². The fourth-order valence-corrected chi connectivity index (χ4v) is 3.67. The van der Waals surface area contributed by atoms with Gasteiger partial charge in [0.2, 0.25) is 5.91 Å². The molecule has 0 spiro atoms. The highest BCUT2D eigenvalue weighted by Crippen LogP contribution is 2.27. The summed E-state index contributed by atoms with van der Waals surface area (Å²) in [5.41, 5.74) is 3.65. The maximum atomic E-state index is 12.0. The molecule has 1 aromatic heterocycles. The molecule has 3 aromatic carbocycles.